The van der Waals surface area contributed by atoms with Gasteiger partial charge in [-0.25, -0.2) is 4.79 Å². The van der Waals surface area contributed by atoms with E-state index in [1.165, 1.54) is 43.4 Å². The molecule has 1 unspecified atom stereocenters. The van der Waals surface area contributed by atoms with Gasteiger partial charge in [0.1, 0.15) is 0 Å². The van der Waals surface area contributed by atoms with E-state index in [2.05, 4.69) is 5.32 Å². The van der Waals surface area contributed by atoms with Crippen molar-refractivity contribution in [2.75, 3.05) is 40.5 Å². The van der Waals surface area contributed by atoms with Gasteiger partial charge in [-0.05, 0) is 47.5 Å². The van der Waals surface area contributed by atoms with Crippen LogP contribution in [-0.4, -0.2) is 79.3 Å². The molecule has 1 saturated heterocycles. The molecule has 1 amide bonds. The number of aliphatic hydroxyl groups excluding tert-OH is 1. The number of piperazine rings is 1. The van der Waals surface area contributed by atoms with Crippen molar-refractivity contribution in [1.82, 2.24) is 10.2 Å². The van der Waals surface area contributed by atoms with E-state index in [0.29, 0.717) is 36.5 Å². The maximum absolute atomic E-state index is 12.5. The van der Waals surface area contributed by atoms with E-state index < -0.39 is 6.09 Å². The summed E-state index contributed by atoms with van der Waals surface area (Å²) in [6.07, 6.45) is 4.82. The third kappa shape index (κ3) is 7.92. The number of aliphatic hydroxyl groups is 1. The Labute approximate surface area is 214 Å². The molecule has 1 aliphatic rings. The summed E-state index contributed by atoms with van der Waals surface area (Å²) < 4.78 is 15.8. The Bertz CT molecular complexity index is 1190. The molecule has 1 heterocycles. The molecule has 3 N–H and O–H groups in total. The van der Waals surface area contributed by atoms with Crippen molar-refractivity contribution in [2.24, 2.45) is 0 Å². The number of aromatic hydroxyl groups is 1. The van der Waals surface area contributed by atoms with Crippen LogP contribution < -0.4 is 19.5 Å². The number of ketones is 2. The second-order valence-electron chi connectivity index (χ2n) is 8.27. The second kappa shape index (κ2) is 13.2. The van der Waals surface area contributed by atoms with Crippen molar-refractivity contribution < 1.29 is 38.8 Å². The van der Waals surface area contributed by atoms with E-state index in [1.807, 2.05) is 0 Å². The lowest BCUT2D eigenvalue weighted by atomic mass is 10.1. The molecular formula is C27H30N2O8. The van der Waals surface area contributed by atoms with Crippen LogP contribution in [0.3, 0.4) is 0 Å². The number of methoxy groups -OCH3 is 2. The molecule has 0 bridgehead atoms. The number of hydrogen-bond donors (Lipinski definition) is 3. The van der Waals surface area contributed by atoms with Gasteiger partial charge in [0.25, 0.3) is 0 Å². The zero-order valence-corrected chi connectivity index (χ0v) is 20.7. The minimum atomic E-state index is -0.547. The zero-order chi connectivity index (χ0) is 26.8. The summed E-state index contributed by atoms with van der Waals surface area (Å²) in [5.41, 5.74) is 1.26. The van der Waals surface area contributed by atoms with Gasteiger partial charge in [0.05, 0.1) is 27.2 Å². The number of amides is 1. The van der Waals surface area contributed by atoms with E-state index in [9.17, 15) is 24.6 Å². The number of benzene rings is 2. The van der Waals surface area contributed by atoms with Crippen LogP contribution in [0.15, 0.2) is 48.6 Å². The number of carbonyl (C=O) groups excluding carboxylic acids is 3. The van der Waals surface area contributed by atoms with Gasteiger partial charge in [0, 0.05) is 25.7 Å². The molecule has 1 aliphatic heterocycles. The van der Waals surface area contributed by atoms with Crippen molar-refractivity contribution in [2.45, 2.75) is 12.5 Å². The number of allylic oxidation sites excluding steroid dienone is 2. The number of ether oxygens (including phenoxy) is 3. The van der Waals surface area contributed by atoms with Crippen LogP contribution in [0.4, 0.5) is 4.79 Å². The van der Waals surface area contributed by atoms with Crippen LogP contribution >= 0.6 is 0 Å². The first kappa shape index (κ1) is 27.4. The average molecular weight is 511 g/mol. The maximum Gasteiger partial charge on any atom is 0.415 e. The fraction of sp³-hybridized carbons (Fsp3) is 0.296. The second-order valence-corrected chi connectivity index (χ2v) is 8.27. The molecule has 1 fully saturated rings. The Morgan fingerprint density at radius 3 is 2.22 bits per heavy atom. The van der Waals surface area contributed by atoms with Crippen molar-refractivity contribution in [3.8, 4) is 23.0 Å². The van der Waals surface area contributed by atoms with Gasteiger partial charge in [0.15, 0.2) is 34.6 Å². The van der Waals surface area contributed by atoms with E-state index in [-0.39, 0.29) is 47.9 Å². The minimum Gasteiger partial charge on any atom is -0.504 e. The normalized spacial score (nSPS) is 15.6. The molecule has 3 rings (SSSR count). The Morgan fingerprint density at radius 2 is 1.59 bits per heavy atom. The van der Waals surface area contributed by atoms with Crippen molar-refractivity contribution >= 4 is 29.8 Å². The van der Waals surface area contributed by atoms with Gasteiger partial charge in [-0.3, -0.25) is 9.59 Å². The van der Waals surface area contributed by atoms with Crippen LogP contribution in [0.2, 0.25) is 0 Å². The third-order valence-corrected chi connectivity index (χ3v) is 5.59. The van der Waals surface area contributed by atoms with Gasteiger partial charge in [0.2, 0.25) is 0 Å². The van der Waals surface area contributed by atoms with Gasteiger partial charge < -0.3 is 34.6 Å². The largest absolute Gasteiger partial charge is 0.504 e. The number of rotatable bonds is 10. The van der Waals surface area contributed by atoms with E-state index in [4.69, 9.17) is 14.2 Å². The Kier molecular flexibility index (Phi) is 9.82. The van der Waals surface area contributed by atoms with Gasteiger partial charge in [-0.15, -0.1) is 0 Å². The summed E-state index contributed by atoms with van der Waals surface area (Å²) in [6, 6.07) is 9.27. The molecule has 196 valence electrons. The van der Waals surface area contributed by atoms with Crippen LogP contribution in [0.5, 0.6) is 23.0 Å². The van der Waals surface area contributed by atoms with Gasteiger partial charge >= 0.3 is 6.09 Å². The average Bonchev–Trinajstić information content (AvgIpc) is 2.91. The molecule has 10 heteroatoms. The highest BCUT2D eigenvalue weighted by Crippen LogP contribution is 2.29. The lowest BCUT2D eigenvalue weighted by Gasteiger charge is -2.32. The number of phenols is 1. The smallest absolute Gasteiger partial charge is 0.415 e. The molecule has 1 atom stereocenters. The Morgan fingerprint density at radius 1 is 0.973 bits per heavy atom. The summed E-state index contributed by atoms with van der Waals surface area (Å²) in [7, 11) is 2.86. The molecule has 10 nitrogen and oxygen atoms in total. The SMILES string of the molecule is COc1cc(/C=C/C(=O)CC(=O)/C=C/c2ccc(OC(=O)N3CCNC(CO)C3)c(OC)c2)ccc1O. The molecule has 2 aromatic rings. The fourth-order valence-corrected chi connectivity index (χ4v) is 3.61. The van der Waals surface area contributed by atoms with E-state index in [1.54, 1.807) is 36.4 Å². The van der Waals surface area contributed by atoms with Crippen LogP contribution in [-0.2, 0) is 9.59 Å². The first-order valence-electron chi connectivity index (χ1n) is 11.6. The number of phenolic OH excluding ortho intramolecular Hbond substituents is 1. The highest BCUT2D eigenvalue weighted by molar-refractivity contribution is 6.10. The van der Waals surface area contributed by atoms with E-state index >= 15 is 0 Å². The highest BCUT2D eigenvalue weighted by Gasteiger charge is 2.25. The van der Waals surface area contributed by atoms with Crippen LogP contribution in [0.25, 0.3) is 12.2 Å². The van der Waals surface area contributed by atoms with Gasteiger partial charge in [-0.1, -0.05) is 24.3 Å². The van der Waals surface area contributed by atoms with Crippen molar-refractivity contribution in [3.05, 3.63) is 59.7 Å². The molecule has 37 heavy (non-hydrogen) atoms. The fourth-order valence-electron chi connectivity index (χ4n) is 3.61. The highest BCUT2D eigenvalue weighted by atomic mass is 16.6. The first-order chi connectivity index (χ1) is 17.8. The minimum absolute atomic E-state index is 0.00939. The van der Waals surface area contributed by atoms with Crippen LogP contribution in [0.1, 0.15) is 17.5 Å². The lowest BCUT2D eigenvalue weighted by Crippen LogP contribution is -2.54. The Balaban J connectivity index is 1.57. The molecule has 2 aromatic carbocycles. The maximum atomic E-state index is 12.5. The standard InChI is InChI=1S/C27H30N2O8/c1-35-25-13-18(5-9-23(25)33)3-7-21(31)15-22(32)8-4-19-6-10-24(26(14-19)36-2)37-27(34)29-12-11-28-20(16-29)17-30/h3-10,13-14,20,28,30,33H,11-12,15-17H2,1-2H3/b7-3+,8-4+. The number of carbonyl (C=O) groups is 3. The first-order valence-corrected chi connectivity index (χ1v) is 11.6. The molecule has 0 radical (unpaired) electrons. The quantitative estimate of drug-likeness (QED) is 0.325. The van der Waals surface area contributed by atoms with E-state index in [0.717, 1.165) is 0 Å². The summed E-state index contributed by atoms with van der Waals surface area (Å²) in [5, 5.41) is 22.0. The summed E-state index contributed by atoms with van der Waals surface area (Å²) in [4.78, 5) is 38.4. The molecule has 0 spiro atoms. The summed E-state index contributed by atoms with van der Waals surface area (Å²) in [6.45, 7) is 1.26. The zero-order valence-electron chi connectivity index (χ0n) is 20.7. The molecule has 0 aliphatic carbocycles. The topological polar surface area (TPSA) is 135 Å². The lowest BCUT2D eigenvalue weighted by molar-refractivity contribution is -0.121. The third-order valence-electron chi connectivity index (χ3n) is 5.59. The van der Waals surface area contributed by atoms with Crippen molar-refractivity contribution in [3.63, 3.8) is 0 Å². The monoisotopic (exact) mass is 510 g/mol. The molecule has 0 saturated carbocycles. The van der Waals surface area contributed by atoms with Gasteiger partial charge in [-0.2, -0.15) is 0 Å². The predicted octanol–water partition coefficient (Wildman–Crippen LogP) is 2.43. The summed E-state index contributed by atoms with van der Waals surface area (Å²) in [5.74, 6) is 0.0394. The Hall–Kier alpha value is -4.15. The van der Waals surface area contributed by atoms with Crippen molar-refractivity contribution in [1.29, 1.82) is 0 Å². The predicted molar refractivity (Wildman–Crippen MR) is 137 cm³/mol. The molecular weight excluding hydrogens is 480 g/mol. The summed E-state index contributed by atoms with van der Waals surface area (Å²) >= 11 is 0. The number of nitrogens with one attached hydrogen (secondary N) is 1. The number of hydrogen-bond acceptors (Lipinski definition) is 9. The molecule has 0 aromatic heterocycles. The number of nitrogens with zero attached hydrogens (tertiary/aromatic N) is 1. The van der Waals surface area contributed by atoms with Crippen LogP contribution in [0, 0.1) is 0 Å².